The van der Waals surface area contributed by atoms with Crippen LogP contribution in [0.25, 0.3) is 0 Å². The predicted octanol–water partition coefficient (Wildman–Crippen LogP) is 4.55. The lowest BCUT2D eigenvalue weighted by Crippen LogP contribution is -2.36. The molecule has 0 aliphatic rings. The van der Waals surface area contributed by atoms with Crippen molar-refractivity contribution in [1.82, 2.24) is 10.2 Å². The van der Waals surface area contributed by atoms with Crippen LogP contribution in [0.3, 0.4) is 0 Å². The van der Waals surface area contributed by atoms with E-state index < -0.39 is 0 Å². The highest BCUT2D eigenvalue weighted by Crippen LogP contribution is 2.27. The highest BCUT2D eigenvalue weighted by molar-refractivity contribution is 7.80. The molecular weight excluding hydrogens is 366 g/mol. The summed E-state index contributed by atoms with van der Waals surface area (Å²) in [6, 6.07) is 12.2. The molecule has 0 saturated carbocycles. The topological polar surface area (TPSA) is 36.5 Å². The van der Waals surface area contributed by atoms with E-state index in [-0.39, 0.29) is 6.04 Å². The molecular formula is C20H26ClN3OS. The zero-order valence-electron chi connectivity index (χ0n) is 15.9. The van der Waals surface area contributed by atoms with E-state index in [9.17, 15) is 0 Å². The Morgan fingerprint density at radius 2 is 1.96 bits per heavy atom. The number of benzene rings is 2. The number of halogens is 1. The zero-order chi connectivity index (χ0) is 19.3. The maximum absolute atomic E-state index is 6.35. The average molecular weight is 392 g/mol. The summed E-state index contributed by atoms with van der Waals surface area (Å²) >= 11 is 11.8. The van der Waals surface area contributed by atoms with E-state index in [0.29, 0.717) is 16.7 Å². The Labute approximate surface area is 166 Å². The zero-order valence-corrected chi connectivity index (χ0v) is 17.5. The van der Waals surface area contributed by atoms with Crippen LogP contribution in [0, 0.1) is 13.8 Å². The Morgan fingerprint density at radius 3 is 2.58 bits per heavy atom. The van der Waals surface area contributed by atoms with E-state index in [2.05, 4.69) is 27.7 Å². The van der Waals surface area contributed by atoms with Crippen LogP contribution in [-0.4, -0.2) is 37.8 Å². The number of methoxy groups -OCH3 is 1. The molecule has 0 heterocycles. The number of thiocarbonyl (C=S) groups is 1. The molecule has 4 nitrogen and oxygen atoms in total. The first-order valence-corrected chi connectivity index (χ1v) is 9.22. The molecule has 2 rings (SSSR count). The van der Waals surface area contributed by atoms with E-state index in [0.717, 1.165) is 28.1 Å². The lowest BCUT2D eigenvalue weighted by molar-refractivity contribution is 0.298. The van der Waals surface area contributed by atoms with Crippen LogP contribution in [-0.2, 0) is 0 Å². The van der Waals surface area contributed by atoms with Gasteiger partial charge in [-0.05, 0) is 75.1 Å². The molecule has 0 radical (unpaired) electrons. The van der Waals surface area contributed by atoms with E-state index >= 15 is 0 Å². The van der Waals surface area contributed by atoms with E-state index in [1.165, 1.54) is 0 Å². The van der Waals surface area contributed by atoms with Gasteiger partial charge in [0.25, 0.3) is 0 Å². The summed E-state index contributed by atoms with van der Waals surface area (Å²) in [7, 11) is 5.77. The highest BCUT2D eigenvalue weighted by Gasteiger charge is 2.16. The molecule has 0 unspecified atom stereocenters. The normalized spacial score (nSPS) is 12.0. The van der Waals surface area contributed by atoms with Gasteiger partial charge < -0.3 is 20.3 Å². The number of nitrogens with one attached hydrogen (secondary N) is 2. The van der Waals surface area contributed by atoms with Gasteiger partial charge in [-0.3, -0.25) is 0 Å². The van der Waals surface area contributed by atoms with Crippen molar-refractivity contribution in [2.45, 2.75) is 19.9 Å². The third kappa shape index (κ3) is 5.34. The van der Waals surface area contributed by atoms with Gasteiger partial charge in [0.15, 0.2) is 5.11 Å². The Hall–Kier alpha value is -1.82. The molecule has 1 atom stereocenters. The molecule has 26 heavy (non-hydrogen) atoms. The second-order valence-corrected chi connectivity index (χ2v) is 7.35. The van der Waals surface area contributed by atoms with Crippen LogP contribution in [0.5, 0.6) is 5.75 Å². The first-order valence-electron chi connectivity index (χ1n) is 8.43. The van der Waals surface area contributed by atoms with Crippen molar-refractivity contribution in [2.24, 2.45) is 0 Å². The summed E-state index contributed by atoms with van der Waals surface area (Å²) in [6.07, 6.45) is 0. The number of likely N-dealkylation sites (N-methyl/N-ethyl adjacent to an activating group) is 1. The molecule has 0 bridgehead atoms. The molecule has 2 aromatic carbocycles. The number of aryl methyl sites for hydroxylation is 2. The highest BCUT2D eigenvalue weighted by atomic mass is 35.5. The van der Waals surface area contributed by atoms with Crippen LogP contribution >= 0.6 is 23.8 Å². The Kier molecular flexibility index (Phi) is 7.26. The largest absolute Gasteiger partial charge is 0.497 e. The minimum atomic E-state index is 0.152. The van der Waals surface area contributed by atoms with Gasteiger partial charge in [-0.1, -0.05) is 29.8 Å². The van der Waals surface area contributed by atoms with Crippen LogP contribution in [0.15, 0.2) is 36.4 Å². The summed E-state index contributed by atoms with van der Waals surface area (Å²) in [5.41, 5.74) is 4.20. The minimum absolute atomic E-state index is 0.152. The molecule has 2 aromatic rings. The van der Waals surface area contributed by atoms with Gasteiger partial charge in [0.1, 0.15) is 5.75 Å². The molecule has 0 spiro atoms. The second-order valence-electron chi connectivity index (χ2n) is 6.53. The third-order valence-electron chi connectivity index (χ3n) is 4.23. The fourth-order valence-corrected chi connectivity index (χ4v) is 3.42. The van der Waals surface area contributed by atoms with Gasteiger partial charge in [0.05, 0.1) is 23.9 Å². The van der Waals surface area contributed by atoms with Crippen LogP contribution < -0.4 is 15.4 Å². The number of anilines is 1. The lowest BCUT2D eigenvalue weighted by Gasteiger charge is -2.26. The molecule has 0 amide bonds. The van der Waals surface area contributed by atoms with E-state index in [1.807, 2.05) is 52.2 Å². The van der Waals surface area contributed by atoms with Gasteiger partial charge in [-0.2, -0.15) is 0 Å². The Balaban J connectivity index is 2.06. The van der Waals surface area contributed by atoms with Gasteiger partial charge in [0, 0.05) is 6.54 Å². The molecule has 0 fully saturated rings. The Morgan fingerprint density at radius 1 is 1.23 bits per heavy atom. The van der Waals surface area contributed by atoms with Crippen molar-refractivity contribution in [1.29, 1.82) is 0 Å². The molecule has 6 heteroatoms. The first-order chi connectivity index (χ1) is 12.3. The number of hydrogen-bond acceptors (Lipinski definition) is 3. The number of ether oxygens (including phenoxy) is 1. The average Bonchev–Trinajstić information content (AvgIpc) is 2.58. The molecule has 0 saturated heterocycles. The van der Waals surface area contributed by atoms with Crippen molar-refractivity contribution < 1.29 is 4.74 Å². The van der Waals surface area contributed by atoms with Crippen LogP contribution in [0.4, 0.5) is 5.69 Å². The monoisotopic (exact) mass is 391 g/mol. The van der Waals surface area contributed by atoms with Crippen LogP contribution in [0.2, 0.25) is 5.02 Å². The molecule has 0 aliphatic carbocycles. The summed E-state index contributed by atoms with van der Waals surface area (Å²) < 4.78 is 5.33. The summed E-state index contributed by atoms with van der Waals surface area (Å²) in [4.78, 5) is 2.15. The van der Waals surface area contributed by atoms with Gasteiger partial charge in [-0.25, -0.2) is 0 Å². The molecule has 0 aliphatic heterocycles. The minimum Gasteiger partial charge on any atom is -0.497 e. The summed E-state index contributed by atoms with van der Waals surface area (Å²) in [5.74, 6) is 0.845. The molecule has 2 N–H and O–H groups in total. The SMILES string of the molecule is COc1cccc([C@@H](CNC(=S)Nc2c(C)cc(C)cc2Cl)N(C)C)c1. The standard InChI is InChI=1S/C20H26ClN3OS/c1-13-9-14(2)19(17(21)10-13)23-20(26)22-12-18(24(3)4)15-7-6-8-16(11-15)25-5/h6-11,18H,12H2,1-5H3,(H2,22,23,26)/t18-/m1/s1. The van der Waals surface area contributed by atoms with Crippen molar-refractivity contribution in [3.63, 3.8) is 0 Å². The van der Waals surface area contributed by atoms with E-state index in [4.69, 9.17) is 28.6 Å². The van der Waals surface area contributed by atoms with Crippen molar-refractivity contribution in [3.05, 3.63) is 58.1 Å². The maximum atomic E-state index is 6.35. The van der Waals surface area contributed by atoms with Crippen LogP contribution in [0.1, 0.15) is 22.7 Å². The third-order valence-corrected chi connectivity index (χ3v) is 4.77. The number of nitrogens with zero attached hydrogens (tertiary/aromatic N) is 1. The fourth-order valence-electron chi connectivity index (χ4n) is 2.87. The van der Waals surface area contributed by atoms with E-state index in [1.54, 1.807) is 7.11 Å². The Bertz CT molecular complexity index is 756. The number of hydrogen-bond donors (Lipinski definition) is 2. The smallest absolute Gasteiger partial charge is 0.170 e. The lowest BCUT2D eigenvalue weighted by atomic mass is 10.1. The predicted molar refractivity (Wildman–Crippen MR) is 115 cm³/mol. The number of rotatable bonds is 6. The quantitative estimate of drug-likeness (QED) is 0.706. The van der Waals surface area contributed by atoms with Gasteiger partial charge in [0.2, 0.25) is 0 Å². The van der Waals surface area contributed by atoms with Gasteiger partial charge >= 0.3 is 0 Å². The van der Waals surface area contributed by atoms with Crippen molar-refractivity contribution in [2.75, 3.05) is 33.1 Å². The van der Waals surface area contributed by atoms with Crippen molar-refractivity contribution >= 4 is 34.6 Å². The summed E-state index contributed by atoms with van der Waals surface area (Å²) in [6.45, 7) is 4.70. The molecule has 140 valence electrons. The van der Waals surface area contributed by atoms with Gasteiger partial charge in [-0.15, -0.1) is 0 Å². The fraction of sp³-hybridized carbons (Fsp3) is 0.350. The molecule has 0 aromatic heterocycles. The van der Waals surface area contributed by atoms with Crippen molar-refractivity contribution in [3.8, 4) is 5.75 Å². The summed E-state index contributed by atoms with van der Waals surface area (Å²) in [5, 5.41) is 7.74. The second kappa shape index (κ2) is 9.21. The first kappa shape index (κ1) is 20.5. The maximum Gasteiger partial charge on any atom is 0.170 e.